The molecule has 0 amide bonds. The molecule has 1 fully saturated rings. The lowest BCUT2D eigenvalue weighted by atomic mass is 10.0. The van der Waals surface area contributed by atoms with Crippen molar-refractivity contribution >= 4 is 45.6 Å². The van der Waals surface area contributed by atoms with Crippen molar-refractivity contribution in [1.29, 1.82) is 0 Å². The highest BCUT2D eigenvalue weighted by Crippen LogP contribution is 2.41. The maximum absolute atomic E-state index is 6.70. The number of piperidine rings is 1. The van der Waals surface area contributed by atoms with E-state index < -0.39 is 0 Å². The van der Waals surface area contributed by atoms with E-state index in [-0.39, 0.29) is 0 Å². The van der Waals surface area contributed by atoms with Gasteiger partial charge in [-0.05, 0) is 56.3 Å². The first kappa shape index (κ1) is 25.1. The van der Waals surface area contributed by atoms with Crippen molar-refractivity contribution in [2.45, 2.75) is 18.9 Å². The van der Waals surface area contributed by atoms with E-state index in [2.05, 4.69) is 55.0 Å². The van der Waals surface area contributed by atoms with Crippen molar-refractivity contribution in [3.05, 3.63) is 60.0 Å². The van der Waals surface area contributed by atoms with Crippen LogP contribution in [0.25, 0.3) is 27.8 Å². The second kappa shape index (κ2) is 10.5. The molecule has 2 N–H and O–H groups in total. The van der Waals surface area contributed by atoms with Gasteiger partial charge in [-0.2, -0.15) is 4.98 Å². The Morgan fingerprint density at radius 2 is 1.77 bits per heavy atom. The zero-order chi connectivity index (χ0) is 26.9. The molecule has 0 spiro atoms. The first-order chi connectivity index (χ1) is 19.1. The second-order valence-corrected chi connectivity index (χ2v) is 9.85. The minimum absolute atomic E-state index is 0.455. The Morgan fingerprint density at radius 1 is 0.974 bits per heavy atom. The van der Waals surface area contributed by atoms with E-state index in [1.54, 1.807) is 32.8 Å². The van der Waals surface area contributed by atoms with Gasteiger partial charge in [0.1, 0.15) is 17.8 Å². The largest absolute Gasteiger partial charge is 0.497 e. The number of aromatic nitrogens is 5. The van der Waals surface area contributed by atoms with Gasteiger partial charge in [-0.25, -0.2) is 4.98 Å². The summed E-state index contributed by atoms with van der Waals surface area (Å²) in [6.45, 7) is 2.10. The number of anilines is 3. The van der Waals surface area contributed by atoms with Gasteiger partial charge in [-0.3, -0.25) is 4.40 Å². The number of nitrogens with zero attached hydrogens (tertiary/aromatic N) is 6. The summed E-state index contributed by atoms with van der Waals surface area (Å²) >= 11 is 6.70. The third-order valence-electron chi connectivity index (χ3n) is 7.26. The number of hydrogen-bond donors (Lipinski definition) is 2. The van der Waals surface area contributed by atoms with Gasteiger partial charge in [-0.1, -0.05) is 11.6 Å². The van der Waals surface area contributed by atoms with Crippen LogP contribution in [0.3, 0.4) is 0 Å². The number of fused-ring (bicyclic) bond motifs is 3. The van der Waals surface area contributed by atoms with Crippen LogP contribution in [-0.2, 0) is 0 Å². The standard InChI is InChI=1S/C28H29ClN8O2/c1-30-18-8-10-36(11-9-18)20-6-4-19(5-7-20)33-28-31-15-17-12-23(27-35-32-16-37(27)26(17)34-28)22-13-21(38-2)14-24(39-3)25(22)29/h4-7,12-16,18,30H,8-11H2,1-3H3,(H,31,33,34). The Kier molecular flexibility index (Phi) is 6.80. The molecule has 6 rings (SSSR count). The van der Waals surface area contributed by atoms with Gasteiger partial charge in [-0.15, -0.1) is 10.2 Å². The van der Waals surface area contributed by atoms with Gasteiger partial charge < -0.3 is 25.0 Å². The van der Waals surface area contributed by atoms with Crippen molar-refractivity contribution in [2.75, 3.05) is 44.6 Å². The summed E-state index contributed by atoms with van der Waals surface area (Å²) in [5, 5.41) is 16.5. The van der Waals surface area contributed by atoms with E-state index in [9.17, 15) is 0 Å². The van der Waals surface area contributed by atoms with Crippen molar-refractivity contribution in [3.63, 3.8) is 0 Å². The summed E-state index contributed by atoms with van der Waals surface area (Å²) in [6, 6.07) is 14.5. The fourth-order valence-electron chi connectivity index (χ4n) is 5.08. The molecule has 39 heavy (non-hydrogen) atoms. The highest BCUT2D eigenvalue weighted by atomic mass is 35.5. The normalized spacial score (nSPS) is 14.2. The molecule has 200 valence electrons. The van der Waals surface area contributed by atoms with Gasteiger partial charge >= 0.3 is 0 Å². The predicted molar refractivity (Wildman–Crippen MR) is 154 cm³/mol. The quantitative estimate of drug-likeness (QED) is 0.295. The van der Waals surface area contributed by atoms with Gasteiger partial charge in [0.25, 0.3) is 0 Å². The predicted octanol–water partition coefficient (Wildman–Crippen LogP) is 4.94. The van der Waals surface area contributed by atoms with Crippen LogP contribution in [0.1, 0.15) is 12.8 Å². The summed E-state index contributed by atoms with van der Waals surface area (Å²) in [5.41, 5.74) is 4.89. The maximum atomic E-state index is 6.70. The molecule has 0 unspecified atom stereocenters. The molecule has 2 aromatic carbocycles. The molecule has 4 heterocycles. The topological polar surface area (TPSA) is 102 Å². The molecule has 0 bridgehead atoms. The monoisotopic (exact) mass is 544 g/mol. The Balaban J connectivity index is 1.31. The minimum Gasteiger partial charge on any atom is -0.497 e. The molecule has 5 aromatic rings. The van der Waals surface area contributed by atoms with Crippen LogP contribution in [0.4, 0.5) is 17.3 Å². The third-order valence-corrected chi connectivity index (χ3v) is 7.65. The fourth-order valence-corrected chi connectivity index (χ4v) is 5.36. The van der Waals surface area contributed by atoms with Crippen LogP contribution in [0.2, 0.25) is 5.02 Å². The molecule has 1 saturated heterocycles. The zero-order valence-electron chi connectivity index (χ0n) is 22.0. The summed E-state index contributed by atoms with van der Waals surface area (Å²) in [6.07, 6.45) is 5.71. The fraction of sp³-hybridized carbons (Fsp3) is 0.286. The summed E-state index contributed by atoms with van der Waals surface area (Å²) in [7, 11) is 5.21. The molecule has 0 saturated carbocycles. The number of halogens is 1. The molecule has 3 aromatic heterocycles. The van der Waals surface area contributed by atoms with Gasteiger partial charge in [0.05, 0.1) is 19.2 Å². The highest BCUT2D eigenvalue weighted by molar-refractivity contribution is 6.35. The summed E-state index contributed by atoms with van der Waals surface area (Å²) < 4.78 is 12.7. The number of benzene rings is 2. The van der Waals surface area contributed by atoms with E-state index in [1.807, 2.05) is 23.6 Å². The van der Waals surface area contributed by atoms with E-state index in [0.29, 0.717) is 45.4 Å². The van der Waals surface area contributed by atoms with Crippen molar-refractivity contribution in [2.24, 2.45) is 0 Å². The number of ether oxygens (including phenoxy) is 2. The summed E-state index contributed by atoms with van der Waals surface area (Å²) in [5.74, 6) is 1.61. The SMILES string of the molecule is CNC1CCN(c2ccc(Nc3ncc4cc(-c5cc(OC)cc(OC)c5Cl)c5nncn5c4n3)cc2)CC1. The molecule has 1 aliphatic heterocycles. The lowest BCUT2D eigenvalue weighted by molar-refractivity contribution is 0.395. The van der Waals surface area contributed by atoms with E-state index in [1.165, 1.54) is 5.69 Å². The molecule has 10 nitrogen and oxygen atoms in total. The first-order valence-corrected chi connectivity index (χ1v) is 13.2. The number of rotatable bonds is 7. The van der Waals surface area contributed by atoms with Crippen LogP contribution in [0.15, 0.2) is 55.0 Å². The smallest absolute Gasteiger partial charge is 0.229 e. The molecule has 1 aliphatic rings. The van der Waals surface area contributed by atoms with Crippen molar-refractivity contribution in [3.8, 4) is 22.6 Å². The van der Waals surface area contributed by atoms with E-state index >= 15 is 0 Å². The number of hydrogen-bond acceptors (Lipinski definition) is 9. The lowest BCUT2D eigenvalue weighted by Crippen LogP contribution is -2.41. The Hall–Kier alpha value is -4.15. The van der Waals surface area contributed by atoms with Crippen LogP contribution in [0, 0.1) is 0 Å². The average molecular weight is 545 g/mol. The van der Waals surface area contributed by atoms with Gasteiger partial charge in [0.15, 0.2) is 11.3 Å². The van der Waals surface area contributed by atoms with Crippen molar-refractivity contribution < 1.29 is 9.47 Å². The van der Waals surface area contributed by atoms with Gasteiger partial charge in [0, 0.05) is 59.3 Å². The maximum Gasteiger partial charge on any atom is 0.229 e. The Morgan fingerprint density at radius 3 is 2.49 bits per heavy atom. The van der Waals surface area contributed by atoms with E-state index in [0.717, 1.165) is 42.6 Å². The minimum atomic E-state index is 0.455. The molecular weight excluding hydrogens is 516 g/mol. The average Bonchev–Trinajstić information content (AvgIpc) is 3.48. The van der Waals surface area contributed by atoms with Crippen LogP contribution >= 0.6 is 11.6 Å². The number of pyridine rings is 1. The molecular formula is C28H29ClN8O2. The Bertz CT molecular complexity index is 1630. The molecule has 0 radical (unpaired) electrons. The molecule has 0 atom stereocenters. The summed E-state index contributed by atoms with van der Waals surface area (Å²) in [4.78, 5) is 11.8. The van der Waals surface area contributed by atoms with E-state index in [4.69, 9.17) is 26.1 Å². The Labute approximate surface area is 230 Å². The highest BCUT2D eigenvalue weighted by Gasteiger charge is 2.20. The van der Waals surface area contributed by atoms with Crippen LogP contribution in [-0.4, -0.2) is 65.0 Å². The van der Waals surface area contributed by atoms with Crippen LogP contribution in [0.5, 0.6) is 11.5 Å². The lowest BCUT2D eigenvalue weighted by Gasteiger charge is -2.33. The number of methoxy groups -OCH3 is 2. The molecule has 11 heteroatoms. The third kappa shape index (κ3) is 4.77. The van der Waals surface area contributed by atoms with Gasteiger partial charge in [0.2, 0.25) is 5.95 Å². The first-order valence-electron chi connectivity index (χ1n) is 12.8. The zero-order valence-corrected chi connectivity index (χ0v) is 22.7. The second-order valence-electron chi connectivity index (χ2n) is 9.47. The molecule has 0 aliphatic carbocycles. The van der Waals surface area contributed by atoms with Crippen LogP contribution < -0.4 is 25.0 Å². The number of nitrogens with one attached hydrogen (secondary N) is 2. The van der Waals surface area contributed by atoms with Crippen molar-refractivity contribution in [1.82, 2.24) is 29.9 Å².